The molecule has 4 rings (SSSR count). The van der Waals surface area contributed by atoms with Gasteiger partial charge in [-0.1, -0.05) is 41.7 Å². The van der Waals surface area contributed by atoms with E-state index in [1.54, 1.807) is 11.3 Å². The Bertz CT molecular complexity index is 691. The molecule has 2 aromatic rings. The molecule has 2 aliphatic rings. The number of benzene rings is 1. The molecule has 0 radical (unpaired) electrons. The highest BCUT2D eigenvalue weighted by Gasteiger charge is 2.37. The van der Waals surface area contributed by atoms with E-state index in [1.165, 1.54) is 17.8 Å². The van der Waals surface area contributed by atoms with Crippen molar-refractivity contribution in [3.05, 3.63) is 40.9 Å². The highest BCUT2D eigenvalue weighted by atomic mass is 32.1. The summed E-state index contributed by atoms with van der Waals surface area (Å²) in [5.74, 6) is 0.665. The van der Waals surface area contributed by atoms with Crippen LogP contribution in [0.5, 0.6) is 0 Å². The predicted molar refractivity (Wildman–Crippen MR) is 87.1 cm³/mol. The van der Waals surface area contributed by atoms with Gasteiger partial charge in [0.25, 0.3) is 0 Å². The van der Waals surface area contributed by atoms with Crippen molar-refractivity contribution in [2.75, 3.05) is 18.0 Å². The van der Waals surface area contributed by atoms with E-state index < -0.39 is 0 Å². The third kappa shape index (κ3) is 2.38. The molecule has 0 N–H and O–H groups in total. The standard InChI is InChI=1S/C17H18N4S/c18-12-17(14-4-2-1-3-5-14)8-10-21(11-9-17)16-20-19-15(22-16)13-6-7-13/h1-5,13H,6-11H2. The Labute approximate surface area is 134 Å². The number of nitrogens with zero attached hydrogens (tertiary/aromatic N) is 4. The molecule has 2 fully saturated rings. The van der Waals surface area contributed by atoms with Crippen LogP contribution >= 0.6 is 11.3 Å². The van der Waals surface area contributed by atoms with Gasteiger partial charge in [0.1, 0.15) is 5.01 Å². The van der Waals surface area contributed by atoms with Crippen LogP contribution in [0.1, 0.15) is 42.2 Å². The van der Waals surface area contributed by atoms with Crippen LogP contribution in [0.25, 0.3) is 0 Å². The highest BCUT2D eigenvalue weighted by Crippen LogP contribution is 2.43. The van der Waals surface area contributed by atoms with Gasteiger partial charge in [-0.15, -0.1) is 10.2 Å². The van der Waals surface area contributed by atoms with Crippen molar-refractivity contribution in [1.82, 2.24) is 10.2 Å². The largest absolute Gasteiger partial charge is 0.347 e. The topological polar surface area (TPSA) is 52.8 Å². The zero-order chi connectivity index (χ0) is 15.0. The van der Waals surface area contributed by atoms with Gasteiger partial charge < -0.3 is 4.90 Å². The third-order valence-corrected chi connectivity index (χ3v) is 5.93. The monoisotopic (exact) mass is 310 g/mol. The van der Waals surface area contributed by atoms with Gasteiger partial charge in [-0.3, -0.25) is 0 Å². The molecule has 0 unspecified atom stereocenters. The van der Waals surface area contributed by atoms with Crippen molar-refractivity contribution in [3.8, 4) is 6.07 Å². The molecule has 1 aliphatic carbocycles. The summed E-state index contributed by atoms with van der Waals surface area (Å²) in [5.41, 5.74) is 0.801. The van der Waals surface area contributed by atoms with E-state index in [0.717, 1.165) is 36.6 Å². The second kappa shape index (κ2) is 5.36. The normalized spacial score (nSPS) is 20.6. The van der Waals surface area contributed by atoms with Crippen molar-refractivity contribution in [3.63, 3.8) is 0 Å². The minimum Gasteiger partial charge on any atom is -0.347 e. The van der Waals surface area contributed by atoms with E-state index in [2.05, 4.69) is 33.3 Å². The number of hydrogen-bond acceptors (Lipinski definition) is 5. The number of rotatable bonds is 3. The van der Waals surface area contributed by atoms with Gasteiger partial charge in [0.15, 0.2) is 0 Å². The van der Waals surface area contributed by atoms with E-state index >= 15 is 0 Å². The molecule has 0 amide bonds. The Morgan fingerprint density at radius 3 is 2.50 bits per heavy atom. The molecule has 1 saturated carbocycles. The summed E-state index contributed by atoms with van der Waals surface area (Å²) in [4.78, 5) is 2.29. The third-order valence-electron chi connectivity index (χ3n) is 4.78. The number of piperidine rings is 1. The van der Waals surface area contributed by atoms with Gasteiger partial charge in [-0.25, -0.2) is 0 Å². The van der Waals surface area contributed by atoms with Crippen molar-refractivity contribution in [2.45, 2.75) is 37.0 Å². The fourth-order valence-electron chi connectivity index (χ4n) is 3.15. The first-order valence-corrected chi connectivity index (χ1v) is 8.67. The molecule has 0 spiro atoms. The van der Waals surface area contributed by atoms with Crippen LogP contribution in [-0.4, -0.2) is 23.3 Å². The van der Waals surface area contributed by atoms with Gasteiger partial charge in [-0.2, -0.15) is 5.26 Å². The molecule has 1 saturated heterocycles. The van der Waals surface area contributed by atoms with Crippen LogP contribution in [-0.2, 0) is 5.41 Å². The number of anilines is 1. The summed E-state index contributed by atoms with van der Waals surface area (Å²) in [6.45, 7) is 1.75. The van der Waals surface area contributed by atoms with E-state index in [9.17, 15) is 5.26 Å². The zero-order valence-corrected chi connectivity index (χ0v) is 13.2. The van der Waals surface area contributed by atoms with Gasteiger partial charge >= 0.3 is 0 Å². The summed E-state index contributed by atoms with van der Waals surface area (Å²) in [5, 5.41) is 20.7. The van der Waals surface area contributed by atoms with E-state index in [-0.39, 0.29) is 5.41 Å². The minimum absolute atomic E-state index is 0.345. The van der Waals surface area contributed by atoms with Crippen LogP contribution in [0.4, 0.5) is 5.13 Å². The van der Waals surface area contributed by atoms with E-state index in [4.69, 9.17) is 0 Å². The van der Waals surface area contributed by atoms with Gasteiger partial charge in [-0.05, 0) is 31.2 Å². The van der Waals surface area contributed by atoms with Crippen LogP contribution in [0.2, 0.25) is 0 Å². The molecule has 5 heteroatoms. The Balaban J connectivity index is 1.50. The maximum absolute atomic E-state index is 9.74. The van der Waals surface area contributed by atoms with Crippen LogP contribution in [0.3, 0.4) is 0 Å². The van der Waals surface area contributed by atoms with Crippen molar-refractivity contribution >= 4 is 16.5 Å². The molecule has 22 heavy (non-hydrogen) atoms. The first-order valence-electron chi connectivity index (χ1n) is 7.86. The molecular weight excluding hydrogens is 292 g/mol. The van der Waals surface area contributed by atoms with Gasteiger partial charge in [0.2, 0.25) is 5.13 Å². The predicted octanol–water partition coefficient (Wildman–Crippen LogP) is 3.48. The first-order chi connectivity index (χ1) is 10.8. The SMILES string of the molecule is N#CC1(c2ccccc2)CCN(c2nnc(C3CC3)s2)CC1. The number of aromatic nitrogens is 2. The van der Waals surface area contributed by atoms with Gasteiger partial charge in [0.05, 0.1) is 11.5 Å². The summed E-state index contributed by atoms with van der Waals surface area (Å²) in [7, 11) is 0. The molecule has 0 bridgehead atoms. The fraction of sp³-hybridized carbons (Fsp3) is 0.471. The zero-order valence-electron chi connectivity index (χ0n) is 12.4. The number of hydrogen-bond donors (Lipinski definition) is 0. The minimum atomic E-state index is -0.345. The lowest BCUT2D eigenvalue weighted by atomic mass is 9.74. The molecule has 1 aliphatic heterocycles. The number of nitriles is 1. The first kappa shape index (κ1) is 13.7. The molecule has 0 atom stereocenters. The fourth-order valence-corrected chi connectivity index (χ4v) is 4.22. The van der Waals surface area contributed by atoms with Crippen molar-refractivity contribution in [1.29, 1.82) is 5.26 Å². The molecule has 112 valence electrons. The van der Waals surface area contributed by atoms with Crippen LogP contribution in [0, 0.1) is 11.3 Å². The second-order valence-corrected chi connectivity index (χ2v) is 7.23. The molecular formula is C17H18N4S. The Hall–Kier alpha value is -1.93. The maximum atomic E-state index is 9.74. The lowest BCUT2D eigenvalue weighted by molar-refractivity contribution is 0.415. The molecule has 1 aromatic carbocycles. The average molecular weight is 310 g/mol. The molecule has 4 nitrogen and oxygen atoms in total. The highest BCUT2D eigenvalue weighted by molar-refractivity contribution is 7.15. The lowest BCUT2D eigenvalue weighted by Crippen LogP contribution is -2.42. The summed E-state index contributed by atoms with van der Waals surface area (Å²) < 4.78 is 0. The Kier molecular flexibility index (Phi) is 3.34. The van der Waals surface area contributed by atoms with Crippen LogP contribution < -0.4 is 4.90 Å². The second-order valence-electron chi connectivity index (χ2n) is 6.24. The summed E-state index contributed by atoms with van der Waals surface area (Å²) in [6, 6.07) is 12.8. The Morgan fingerprint density at radius 2 is 1.86 bits per heavy atom. The quantitative estimate of drug-likeness (QED) is 0.871. The molecule has 2 heterocycles. The lowest BCUT2D eigenvalue weighted by Gasteiger charge is -2.37. The van der Waals surface area contributed by atoms with Crippen molar-refractivity contribution < 1.29 is 0 Å². The van der Waals surface area contributed by atoms with Crippen molar-refractivity contribution in [2.24, 2.45) is 0 Å². The maximum Gasteiger partial charge on any atom is 0.208 e. The molecule has 1 aromatic heterocycles. The van der Waals surface area contributed by atoms with E-state index in [0.29, 0.717) is 5.92 Å². The summed E-state index contributed by atoms with van der Waals surface area (Å²) in [6.07, 6.45) is 4.23. The summed E-state index contributed by atoms with van der Waals surface area (Å²) >= 11 is 1.73. The smallest absolute Gasteiger partial charge is 0.208 e. The van der Waals surface area contributed by atoms with Crippen LogP contribution in [0.15, 0.2) is 30.3 Å². The van der Waals surface area contributed by atoms with E-state index in [1.807, 2.05) is 18.2 Å². The Morgan fingerprint density at radius 1 is 1.14 bits per heavy atom. The van der Waals surface area contributed by atoms with Gasteiger partial charge in [0, 0.05) is 19.0 Å². The average Bonchev–Trinajstić information content (AvgIpc) is 3.33.